The molecule has 0 saturated heterocycles. The molecule has 0 spiro atoms. The SMILES string of the molecule is Cc1ccc(NC(=O)c2ccc(Cl)c(S(N)(=O)=O)c2)cc1C. The molecule has 2 aromatic carbocycles. The molecule has 3 N–H and O–H groups in total. The highest BCUT2D eigenvalue weighted by Crippen LogP contribution is 2.22. The Labute approximate surface area is 134 Å². The minimum absolute atomic E-state index is 0.0229. The number of primary sulfonamides is 1. The number of benzene rings is 2. The van der Waals surface area contributed by atoms with Crippen molar-refractivity contribution >= 4 is 33.2 Å². The second-order valence-corrected chi connectivity index (χ2v) is 6.88. The number of carbonyl (C=O) groups is 1. The van der Waals surface area contributed by atoms with Crippen LogP contribution < -0.4 is 10.5 Å². The molecule has 0 aliphatic heterocycles. The second-order valence-electron chi connectivity index (χ2n) is 4.94. The van der Waals surface area contributed by atoms with Crippen LogP contribution in [-0.2, 0) is 10.0 Å². The molecule has 0 aliphatic rings. The maximum atomic E-state index is 12.2. The van der Waals surface area contributed by atoms with Crippen LogP contribution in [0.2, 0.25) is 5.02 Å². The fraction of sp³-hybridized carbons (Fsp3) is 0.133. The summed E-state index contributed by atoms with van der Waals surface area (Å²) in [6.45, 7) is 3.91. The molecule has 2 aromatic rings. The van der Waals surface area contributed by atoms with E-state index in [1.807, 2.05) is 26.0 Å². The van der Waals surface area contributed by atoms with Crippen LogP contribution in [0.5, 0.6) is 0 Å². The quantitative estimate of drug-likeness (QED) is 0.901. The van der Waals surface area contributed by atoms with Crippen molar-refractivity contribution in [1.29, 1.82) is 0 Å². The van der Waals surface area contributed by atoms with Gasteiger partial charge in [0.05, 0.1) is 5.02 Å². The van der Waals surface area contributed by atoms with Crippen LogP contribution in [0.3, 0.4) is 0 Å². The number of amides is 1. The van der Waals surface area contributed by atoms with Gasteiger partial charge in [0, 0.05) is 11.3 Å². The summed E-state index contributed by atoms with van der Waals surface area (Å²) in [6.07, 6.45) is 0. The summed E-state index contributed by atoms with van der Waals surface area (Å²) in [4.78, 5) is 11.9. The fourth-order valence-electron chi connectivity index (χ4n) is 1.89. The fourth-order valence-corrected chi connectivity index (χ4v) is 2.96. The minimum atomic E-state index is -3.99. The average Bonchev–Trinajstić information content (AvgIpc) is 2.42. The van der Waals surface area contributed by atoms with Gasteiger partial charge in [0.2, 0.25) is 10.0 Å². The monoisotopic (exact) mass is 338 g/mol. The highest BCUT2D eigenvalue weighted by molar-refractivity contribution is 7.89. The van der Waals surface area contributed by atoms with Crippen LogP contribution in [0.4, 0.5) is 5.69 Å². The van der Waals surface area contributed by atoms with Crippen molar-refractivity contribution in [3.05, 3.63) is 58.1 Å². The van der Waals surface area contributed by atoms with Crippen molar-refractivity contribution in [1.82, 2.24) is 0 Å². The van der Waals surface area contributed by atoms with Crippen LogP contribution in [0.25, 0.3) is 0 Å². The van der Waals surface area contributed by atoms with E-state index in [-0.39, 0.29) is 15.5 Å². The Kier molecular flexibility index (Phi) is 4.55. The lowest BCUT2D eigenvalue weighted by molar-refractivity contribution is 0.102. The van der Waals surface area contributed by atoms with Gasteiger partial charge in [0.1, 0.15) is 4.90 Å². The van der Waals surface area contributed by atoms with Crippen LogP contribution in [0.15, 0.2) is 41.3 Å². The number of hydrogen-bond donors (Lipinski definition) is 2. The number of nitrogens with one attached hydrogen (secondary N) is 1. The Morgan fingerprint density at radius 1 is 1.09 bits per heavy atom. The topological polar surface area (TPSA) is 89.3 Å². The van der Waals surface area contributed by atoms with Crippen molar-refractivity contribution in [3.63, 3.8) is 0 Å². The summed E-state index contributed by atoms with van der Waals surface area (Å²) in [5.41, 5.74) is 2.94. The molecule has 0 unspecified atom stereocenters. The van der Waals surface area contributed by atoms with Gasteiger partial charge in [-0.15, -0.1) is 0 Å². The summed E-state index contributed by atoms with van der Waals surface area (Å²) in [5, 5.41) is 7.76. The number of aryl methyl sites for hydroxylation is 2. The van der Waals surface area contributed by atoms with E-state index >= 15 is 0 Å². The zero-order valence-electron chi connectivity index (χ0n) is 12.1. The molecule has 116 valence electrons. The van der Waals surface area contributed by atoms with Crippen LogP contribution in [0, 0.1) is 13.8 Å². The van der Waals surface area contributed by atoms with E-state index in [0.29, 0.717) is 5.69 Å². The molecule has 2 rings (SSSR count). The van der Waals surface area contributed by atoms with Gasteiger partial charge < -0.3 is 5.32 Å². The number of nitrogens with two attached hydrogens (primary N) is 1. The number of carbonyl (C=O) groups excluding carboxylic acids is 1. The summed E-state index contributed by atoms with van der Waals surface area (Å²) in [6, 6.07) is 9.43. The normalized spacial score (nSPS) is 11.3. The van der Waals surface area contributed by atoms with Crippen LogP contribution in [0.1, 0.15) is 21.5 Å². The third-order valence-electron chi connectivity index (χ3n) is 3.26. The Bertz CT molecular complexity index is 848. The number of sulfonamides is 1. The highest BCUT2D eigenvalue weighted by Gasteiger charge is 2.16. The number of rotatable bonds is 3. The molecule has 5 nitrogen and oxygen atoms in total. The lowest BCUT2D eigenvalue weighted by Crippen LogP contribution is -2.16. The van der Waals surface area contributed by atoms with E-state index in [9.17, 15) is 13.2 Å². The zero-order valence-corrected chi connectivity index (χ0v) is 13.6. The standard InChI is InChI=1S/C15H15ClN2O3S/c1-9-3-5-12(7-10(9)2)18-15(19)11-4-6-13(16)14(8-11)22(17,20)21/h3-8H,1-2H3,(H,18,19)(H2,17,20,21). The molecule has 1 amide bonds. The van der Waals surface area contributed by atoms with Gasteiger partial charge in [0.15, 0.2) is 0 Å². The van der Waals surface area contributed by atoms with Crippen molar-refractivity contribution in [2.75, 3.05) is 5.32 Å². The molecule has 0 bridgehead atoms. The predicted molar refractivity (Wildman–Crippen MR) is 86.7 cm³/mol. The van der Waals surface area contributed by atoms with Crippen LogP contribution >= 0.6 is 11.6 Å². The molecule has 0 aromatic heterocycles. The van der Waals surface area contributed by atoms with Crippen molar-refractivity contribution in [3.8, 4) is 0 Å². The maximum absolute atomic E-state index is 12.2. The Hall–Kier alpha value is -1.89. The van der Waals surface area contributed by atoms with Gasteiger partial charge in [-0.2, -0.15) is 0 Å². The lowest BCUT2D eigenvalue weighted by Gasteiger charge is -2.09. The summed E-state index contributed by atoms with van der Waals surface area (Å²) in [5.74, 6) is -0.440. The third-order valence-corrected chi connectivity index (χ3v) is 4.66. The number of halogens is 1. The molecule has 0 atom stereocenters. The largest absolute Gasteiger partial charge is 0.322 e. The molecular formula is C15H15ClN2O3S. The van der Waals surface area contributed by atoms with Gasteiger partial charge in [-0.1, -0.05) is 17.7 Å². The maximum Gasteiger partial charge on any atom is 0.255 e. The van der Waals surface area contributed by atoms with Gasteiger partial charge in [-0.25, -0.2) is 13.6 Å². The van der Waals surface area contributed by atoms with E-state index < -0.39 is 15.9 Å². The lowest BCUT2D eigenvalue weighted by atomic mass is 10.1. The summed E-state index contributed by atoms with van der Waals surface area (Å²) < 4.78 is 22.9. The Balaban J connectivity index is 2.32. The minimum Gasteiger partial charge on any atom is -0.322 e. The number of anilines is 1. The zero-order chi connectivity index (χ0) is 16.5. The van der Waals surface area contributed by atoms with Crippen LogP contribution in [-0.4, -0.2) is 14.3 Å². The molecule has 0 radical (unpaired) electrons. The number of hydrogen-bond acceptors (Lipinski definition) is 3. The smallest absolute Gasteiger partial charge is 0.255 e. The summed E-state index contributed by atoms with van der Waals surface area (Å²) >= 11 is 5.79. The molecule has 0 fully saturated rings. The van der Waals surface area contributed by atoms with Gasteiger partial charge in [-0.05, 0) is 55.3 Å². The van der Waals surface area contributed by atoms with E-state index in [1.54, 1.807) is 6.07 Å². The van der Waals surface area contributed by atoms with E-state index in [1.165, 1.54) is 12.1 Å². The molecule has 0 saturated carbocycles. The van der Waals surface area contributed by atoms with E-state index in [2.05, 4.69) is 5.32 Å². The Morgan fingerprint density at radius 2 is 1.77 bits per heavy atom. The highest BCUT2D eigenvalue weighted by atomic mass is 35.5. The summed E-state index contributed by atoms with van der Waals surface area (Å²) in [7, 11) is -3.99. The van der Waals surface area contributed by atoms with E-state index in [4.69, 9.17) is 16.7 Å². The second kappa shape index (κ2) is 6.08. The van der Waals surface area contributed by atoms with Crippen molar-refractivity contribution < 1.29 is 13.2 Å². The molecule has 22 heavy (non-hydrogen) atoms. The first kappa shape index (κ1) is 16.5. The van der Waals surface area contributed by atoms with E-state index in [0.717, 1.165) is 17.2 Å². The van der Waals surface area contributed by atoms with Crippen molar-refractivity contribution in [2.45, 2.75) is 18.7 Å². The predicted octanol–water partition coefficient (Wildman–Crippen LogP) is 2.86. The molecule has 0 heterocycles. The molecular weight excluding hydrogens is 324 g/mol. The first-order valence-corrected chi connectivity index (χ1v) is 8.32. The molecule has 0 aliphatic carbocycles. The first-order chi connectivity index (χ1) is 10.2. The van der Waals surface area contributed by atoms with Crippen molar-refractivity contribution in [2.24, 2.45) is 5.14 Å². The molecule has 7 heteroatoms. The van der Waals surface area contributed by atoms with Gasteiger partial charge >= 0.3 is 0 Å². The third kappa shape index (κ3) is 3.65. The average molecular weight is 339 g/mol. The van der Waals surface area contributed by atoms with Gasteiger partial charge in [-0.3, -0.25) is 4.79 Å². The van der Waals surface area contributed by atoms with Gasteiger partial charge in [0.25, 0.3) is 5.91 Å². The first-order valence-electron chi connectivity index (χ1n) is 6.39. The Morgan fingerprint density at radius 3 is 2.36 bits per heavy atom.